The molecule has 154 valence electrons. The number of nitrogens with zero attached hydrogens (tertiary/aromatic N) is 3. The normalized spacial score (nSPS) is 16.2. The number of amides is 1. The van der Waals surface area contributed by atoms with Gasteiger partial charge in [0.05, 0.1) is 17.6 Å². The predicted octanol–water partition coefficient (Wildman–Crippen LogP) is 5.09. The van der Waals surface area contributed by atoms with Gasteiger partial charge in [0, 0.05) is 35.2 Å². The van der Waals surface area contributed by atoms with Crippen LogP contribution in [0.5, 0.6) is 0 Å². The summed E-state index contributed by atoms with van der Waals surface area (Å²) in [6.07, 6.45) is 0.343. The van der Waals surface area contributed by atoms with E-state index in [1.165, 1.54) is 0 Å². The van der Waals surface area contributed by atoms with Crippen molar-refractivity contribution >= 4 is 40.0 Å². The largest absolute Gasteiger partial charge is 0.320 e. The van der Waals surface area contributed by atoms with Crippen molar-refractivity contribution in [1.82, 2.24) is 9.55 Å². The fourth-order valence-electron chi connectivity index (χ4n) is 4.20. The molecule has 1 saturated heterocycles. The topological polar surface area (TPSA) is 55.2 Å². The average molecular weight is 430 g/mol. The number of imidazole rings is 1. The molecule has 1 atom stereocenters. The number of carbonyl (C=O) groups is 2. The molecular formula is C25H20ClN3O2. The van der Waals surface area contributed by atoms with Crippen LogP contribution in [0.15, 0.2) is 78.9 Å². The van der Waals surface area contributed by atoms with Gasteiger partial charge in [-0.15, -0.1) is 0 Å². The molecule has 0 saturated carbocycles. The first-order chi connectivity index (χ1) is 15.1. The highest BCUT2D eigenvalue weighted by Crippen LogP contribution is 2.34. The van der Waals surface area contributed by atoms with E-state index in [1.54, 1.807) is 17.0 Å². The molecule has 0 bridgehead atoms. The molecule has 0 aliphatic carbocycles. The Bertz CT molecular complexity index is 1280. The number of fused-ring (bicyclic) bond motifs is 1. The van der Waals surface area contributed by atoms with Crippen molar-refractivity contribution in [3.8, 4) is 0 Å². The molecule has 2 heterocycles. The van der Waals surface area contributed by atoms with Crippen molar-refractivity contribution in [3.05, 3.63) is 95.3 Å². The fraction of sp³-hybridized carbons (Fsp3) is 0.160. The van der Waals surface area contributed by atoms with E-state index < -0.39 is 0 Å². The minimum Gasteiger partial charge on any atom is -0.320 e. The lowest BCUT2D eigenvalue weighted by molar-refractivity contribution is -0.117. The average Bonchev–Trinajstić information content (AvgIpc) is 3.35. The summed E-state index contributed by atoms with van der Waals surface area (Å²) in [7, 11) is 0. The van der Waals surface area contributed by atoms with E-state index in [0.29, 0.717) is 23.6 Å². The zero-order valence-corrected chi connectivity index (χ0v) is 17.5. The second kappa shape index (κ2) is 8.00. The van der Waals surface area contributed by atoms with Gasteiger partial charge in [0.25, 0.3) is 0 Å². The Hall–Kier alpha value is -3.44. The lowest BCUT2D eigenvalue weighted by Gasteiger charge is -2.17. The van der Waals surface area contributed by atoms with Crippen LogP contribution in [0.25, 0.3) is 11.0 Å². The zero-order chi connectivity index (χ0) is 21.4. The molecule has 1 amide bonds. The van der Waals surface area contributed by atoms with E-state index >= 15 is 0 Å². The molecule has 1 unspecified atom stereocenters. The number of hydrogen-bond donors (Lipinski definition) is 0. The Morgan fingerprint density at radius 2 is 1.77 bits per heavy atom. The number of halogens is 1. The van der Waals surface area contributed by atoms with Crippen LogP contribution in [0.4, 0.5) is 5.69 Å². The highest BCUT2D eigenvalue weighted by atomic mass is 35.5. The lowest BCUT2D eigenvalue weighted by Crippen LogP contribution is -2.24. The summed E-state index contributed by atoms with van der Waals surface area (Å²) < 4.78 is 1.96. The van der Waals surface area contributed by atoms with Crippen LogP contribution in [-0.2, 0) is 11.3 Å². The maximum absolute atomic E-state index is 13.0. The third-order valence-electron chi connectivity index (χ3n) is 5.69. The van der Waals surface area contributed by atoms with Crippen molar-refractivity contribution in [1.29, 1.82) is 0 Å². The van der Waals surface area contributed by atoms with E-state index in [4.69, 9.17) is 16.6 Å². The van der Waals surface area contributed by atoms with Gasteiger partial charge >= 0.3 is 0 Å². The second-order valence-corrected chi connectivity index (χ2v) is 8.16. The third kappa shape index (κ3) is 3.73. The second-order valence-electron chi connectivity index (χ2n) is 7.72. The van der Waals surface area contributed by atoms with Crippen LogP contribution < -0.4 is 4.90 Å². The van der Waals surface area contributed by atoms with E-state index in [9.17, 15) is 9.59 Å². The van der Waals surface area contributed by atoms with Crippen molar-refractivity contribution in [2.75, 3.05) is 11.4 Å². The Balaban J connectivity index is 1.51. The van der Waals surface area contributed by atoms with Gasteiger partial charge in [-0.2, -0.15) is 0 Å². The van der Waals surface area contributed by atoms with Gasteiger partial charge in [-0.3, -0.25) is 9.59 Å². The van der Waals surface area contributed by atoms with E-state index in [0.717, 1.165) is 22.5 Å². The lowest BCUT2D eigenvalue weighted by atomic mass is 10.1. The summed E-state index contributed by atoms with van der Waals surface area (Å²) in [5.74, 6) is 0.701. The highest BCUT2D eigenvalue weighted by molar-refractivity contribution is 6.30. The minimum atomic E-state index is -0.109. The maximum Gasteiger partial charge on any atom is 0.227 e. The predicted molar refractivity (Wildman–Crippen MR) is 122 cm³/mol. The summed E-state index contributed by atoms with van der Waals surface area (Å²) >= 11 is 6.13. The molecule has 0 radical (unpaired) electrons. The van der Waals surface area contributed by atoms with Crippen LogP contribution >= 0.6 is 11.6 Å². The quantitative estimate of drug-likeness (QED) is 0.415. The molecule has 6 heteroatoms. The van der Waals surface area contributed by atoms with Crippen molar-refractivity contribution in [2.45, 2.75) is 18.9 Å². The summed E-state index contributed by atoms with van der Waals surface area (Å²) in [6, 6.07) is 24.3. The van der Waals surface area contributed by atoms with Crippen LogP contribution in [0, 0.1) is 0 Å². The Kier molecular flexibility index (Phi) is 5.04. The number of rotatable bonds is 5. The highest BCUT2D eigenvalue weighted by Gasteiger charge is 2.35. The molecule has 5 rings (SSSR count). The summed E-state index contributed by atoms with van der Waals surface area (Å²) in [5.41, 5.74) is 3.17. The number of aromatic nitrogens is 2. The van der Waals surface area contributed by atoms with Gasteiger partial charge < -0.3 is 9.47 Å². The number of ketones is 1. The Labute approximate surface area is 184 Å². The number of carbonyl (C=O) groups excluding carboxylic acids is 2. The van der Waals surface area contributed by atoms with Crippen molar-refractivity contribution in [3.63, 3.8) is 0 Å². The van der Waals surface area contributed by atoms with Crippen molar-refractivity contribution in [2.24, 2.45) is 0 Å². The number of hydrogen-bond acceptors (Lipinski definition) is 3. The van der Waals surface area contributed by atoms with Gasteiger partial charge in [0.2, 0.25) is 5.91 Å². The van der Waals surface area contributed by atoms with Crippen molar-refractivity contribution < 1.29 is 9.59 Å². The molecule has 1 aliphatic heterocycles. The number of para-hydroxylation sites is 2. The number of Topliss-reactive ketones (excluding diaryl/α,β-unsaturated/α-hetero) is 1. The summed E-state index contributed by atoms with van der Waals surface area (Å²) in [5, 5.41) is 0.592. The summed E-state index contributed by atoms with van der Waals surface area (Å²) in [4.78, 5) is 32.4. The van der Waals surface area contributed by atoms with Gasteiger partial charge in [-0.05, 0) is 30.3 Å². The molecule has 1 fully saturated rings. The van der Waals surface area contributed by atoms with Gasteiger partial charge in [0.1, 0.15) is 5.82 Å². The molecule has 5 nitrogen and oxygen atoms in total. The molecular weight excluding hydrogens is 410 g/mol. The van der Waals surface area contributed by atoms with E-state index in [1.807, 2.05) is 71.3 Å². The van der Waals surface area contributed by atoms with Crippen LogP contribution in [0.3, 0.4) is 0 Å². The van der Waals surface area contributed by atoms with Gasteiger partial charge in [0.15, 0.2) is 5.78 Å². The maximum atomic E-state index is 13.0. The summed E-state index contributed by atoms with van der Waals surface area (Å²) in [6.45, 7) is 0.684. The molecule has 4 aromatic rings. The molecule has 3 aromatic carbocycles. The van der Waals surface area contributed by atoms with E-state index in [2.05, 4.69) is 0 Å². The monoisotopic (exact) mass is 429 g/mol. The van der Waals surface area contributed by atoms with Gasteiger partial charge in [-0.1, -0.05) is 60.1 Å². The molecule has 0 N–H and O–H groups in total. The standard InChI is InChI=1S/C25H20ClN3O2/c26-19-9-6-10-20(14-19)28-15-18(13-24(28)31)25-27-21-11-4-5-12-22(21)29(25)16-23(30)17-7-2-1-3-8-17/h1-12,14,18H,13,15-16H2. The molecule has 31 heavy (non-hydrogen) atoms. The molecule has 1 aromatic heterocycles. The minimum absolute atomic E-state index is 0.0148. The van der Waals surface area contributed by atoms with Crippen LogP contribution in [0.1, 0.15) is 28.5 Å². The molecule has 0 spiro atoms. The van der Waals surface area contributed by atoms with Crippen LogP contribution in [0.2, 0.25) is 5.02 Å². The zero-order valence-electron chi connectivity index (χ0n) is 16.7. The SMILES string of the molecule is O=C(Cn1c(C2CC(=O)N(c3cccc(Cl)c3)C2)nc2ccccc21)c1ccccc1. The molecule has 1 aliphatic rings. The number of benzene rings is 3. The Morgan fingerprint density at radius 3 is 2.58 bits per heavy atom. The first-order valence-electron chi connectivity index (χ1n) is 10.2. The first kappa shape index (κ1) is 19.5. The van der Waals surface area contributed by atoms with E-state index in [-0.39, 0.29) is 24.2 Å². The fourth-order valence-corrected chi connectivity index (χ4v) is 4.39. The van der Waals surface area contributed by atoms with Crippen LogP contribution in [-0.4, -0.2) is 27.8 Å². The smallest absolute Gasteiger partial charge is 0.227 e. The third-order valence-corrected chi connectivity index (χ3v) is 5.93. The number of anilines is 1. The van der Waals surface area contributed by atoms with Gasteiger partial charge in [-0.25, -0.2) is 4.98 Å². The Morgan fingerprint density at radius 1 is 1.00 bits per heavy atom. The first-order valence-corrected chi connectivity index (χ1v) is 10.6.